The monoisotopic (exact) mass is 914 g/mol. The number of ether oxygens (including phenoxy) is 3. The van der Waals surface area contributed by atoms with Crippen molar-refractivity contribution in [3.63, 3.8) is 0 Å². The summed E-state index contributed by atoms with van der Waals surface area (Å²) in [4.78, 5) is 79.1. The van der Waals surface area contributed by atoms with E-state index in [1.165, 1.54) is 6.42 Å². The van der Waals surface area contributed by atoms with Crippen LogP contribution in [0.1, 0.15) is 144 Å². The fourth-order valence-electron chi connectivity index (χ4n) is 7.68. The maximum Gasteiger partial charge on any atom is 0.410 e. The average molecular weight is 914 g/mol. The van der Waals surface area contributed by atoms with E-state index in [0.717, 1.165) is 36.3 Å². The largest absolute Gasteiger partial charge is 0.480 e. The smallest absolute Gasteiger partial charge is 0.410 e. The molecule has 3 N–H and O–H groups in total. The number of hydrogen-bond donors (Lipinski definition) is 3. The molecule has 19 heteroatoms. The van der Waals surface area contributed by atoms with Gasteiger partial charge in [-0.2, -0.15) is 4.98 Å². The van der Waals surface area contributed by atoms with Crippen molar-refractivity contribution in [1.29, 1.82) is 0 Å². The number of piperidine rings is 1. The van der Waals surface area contributed by atoms with Crippen LogP contribution in [0.25, 0.3) is 0 Å². The summed E-state index contributed by atoms with van der Waals surface area (Å²) in [5.41, 5.74) is -0.620. The van der Waals surface area contributed by atoms with Crippen molar-refractivity contribution in [3.8, 4) is 0 Å². The zero-order valence-corrected chi connectivity index (χ0v) is 40.5. The van der Waals surface area contributed by atoms with E-state index < -0.39 is 41.5 Å². The van der Waals surface area contributed by atoms with Crippen LogP contribution in [0.2, 0.25) is 0 Å². The van der Waals surface area contributed by atoms with E-state index >= 15 is 0 Å². The normalized spacial score (nSPS) is 15.2. The van der Waals surface area contributed by atoms with E-state index in [1.807, 2.05) is 65.5 Å². The van der Waals surface area contributed by atoms with Crippen LogP contribution in [-0.4, -0.2) is 145 Å². The Morgan fingerprint density at radius 3 is 1.98 bits per heavy atom. The number of anilines is 2. The van der Waals surface area contributed by atoms with Crippen molar-refractivity contribution in [2.75, 3.05) is 56.4 Å². The predicted molar refractivity (Wildman–Crippen MR) is 244 cm³/mol. The van der Waals surface area contributed by atoms with E-state index in [4.69, 9.17) is 18.7 Å². The number of nitrogens with zero attached hydrogens (tertiary/aromatic N) is 7. The summed E-state index contributed by atoms with van der Waals surface area (Å²) in [6.07, 6.45) is 6.87. The van der Waals surface area contributed by atoms with Crippen molar-refractivity contribution in [2.45, 2.75) is 175 Å². The first-order valence-electron chi connectivity index (χ1n) is 23.2. The molecule has 2 fully saturated rings. The lowest BCUT2D eigenvalue weighted by molar-refractivity contribution is -0.139. The fourth-order valence-corrected chi connectivity index (χ4v) is 7.68. The second-order valence-electron chi connectivity index (χ2n) is 20.1. The number of carboxylic acids is 1. The number of carbonyl (C=O) groups excluding carboxylic acids is 4. The number of aromatic nitrogens is 3. The van der Waals surface area contributed by atoms with E-state index in [-0.39, 0.29) is 37.0 Å². The maximum atomic E-state index is 13.3. The minimum atomic E-state index is -1.18. The van der Waals surface area contributed by atoms with Crippen molar-refractivity contribution < 1.29 is 47.8 Å². The van der Waals surface area contributed by atoms with Gasteiger partial charge in [-0.05, 0) is 108 Å². The van der Waals surface area contributed by atoms with Gasteiger partial charge in [-0.1, -0.05) is 24.4 Å². The van der Waals surface area contributed by atoms with Crippen LogP contribution in [0.4, 0.5) is 26.1 Å². The van der Waals surface area contributed by atoms with E-state index in [9.17, 15) is 29.1 Å². The molecule has 0 atom stereocenters. The highest BCUT2D eigenvalue weighted by atomic mass is 16.6. The molecule has 19 nitrogen and oxygen atoms in total. The van der Waals surface area contributed by atoms with Gasteiger partial charge in [0.1, 0.15) is 40.6 Å². The number of rotatable bonds is 19. The van der Waals surface area contributed by atoms with E-state index in [2.05, 4.69) is 25.8 Å². The molecule has 2 aliphatic rings. The molecule has 4 amide bonds. The van der Waals surface area contributed by atoms with E-state index in [0.29, 0.717) is 94.6 Å². The molecule has 1 aliphatic carbocycles. The predicted octanol–water partition coefficient (Wildman–Crippen LogP) is 7.63. The molecule has 3 heterocycles. The number of aryl methyl sites for hydroxylation is 2. The Hall–Kier alpha value is -5.36. The SMILES string of the molecule is Cc1cc(NC2CCN(C(=O)CCN(CC(=O)O)C(=O)OC(C)(C)C)CC2)nc(NCc2cc(CCCN(CCCN(C(=O)OC(C)(C)C)C3CCCCC3)C(=O)OC(C)(C)C)on2)n1. The molecule has 1 saturated heterocycles. The Balaban J connectivity index is 1.24. The summed E-state index contributed by atoms with van der Waals surface area (Å²) in [5, 5.41) is 20.2. The van der Waals surface area contributed by atoms with Crippen LogP contribution in [0.15, 0.2) is 16.7 Å². The van der Waals surface area contributed by atoms with Crippen molar-refractivity contribution in [1.82, 2.24) is 34.7 Å². The Morgan fingerprint density at radius 2 is 1.37 bits per heavy atom. The summed E-state index contributed by atoms with van der Waals surface area (Å²) in [7, 11) is 0. The quantitative estimate of drug-likeness (QED) is 0.115. The topological polar surface area (TPSA) is 222 Å². The Labute approximate surface area is 384 Å². The number of hydrogen-bond acceptors (Lipinski definition) is 14. The van der Waals surface area contributed by atoms with E-state index in [1.54, 1.807) is 30.6 Å². The van der Waals surface area contributed by atoms with Gasteiger partial charge < -0.3 is 49.2 Å². The molecule has 2 aromatic rings. The van der Waals surface area contributed by atoms with Gasteiger partial charge >= 0.3 is 24.2 Å². The van der Waals surface area contributed by atoms with Crippen LogP contribution in [0.5, 0.6) is 0 Å². The minimum Gasteiger partial charge on any atom is -0.480 e. The highest BCUT2D eigenvalue weighted by molar-refractivity contribution is 5.79. The molecular weight excluding hydrogens is 839 g/mol. The van der Waals surface area contributed by atoms with Gasteiger partial charge in [0, 0.05) is 82.0 Å². The molecule has 1 saturated carbocycles. The van der Waals surface area contributed by atoms with Crippen LogP contribution >= 0.6 is 0 Å². The minimum absolute atomic E-state index is 0.0102. The fraction of sp³-hybridized carbons (Fsp3) is 0.739. The van der Waals surface area contributed by atoms with Crippen molar-refractivity contribution >= 4 is 41.9 Å². The third kappa shape index (κ3) is 19.3. The summed E-state index contributed by atoms with van der Waals surface area (Å²) in [6.45, 7) is 20.2. The maximum absolute atomic E-state index is 13.3. The second kappa shape index (κ2) is 23.7. The molecule has 364 valence electrons. The third-order valence-electron chi connectivity index (χ3n) is 10.6. The summed E-state index contributed by atoms with van der Waals surface area (Å²) in [5.74, 6) is 0.403. The van der Waals surface area contributed by atoms with Gasteiger partial charge in [-0.15, -0.1) is 0 Å². The van der Waals surface area contributed by atoms with Gasteiger partial charge in [0.05, 0.1) is 6.54 Å². The number of amides is 4. The van der Waals surface area contributed by atoms with Gasteiger partial charge in [-0.3, -0.25) is 14.5 Å². The number of nitrogens with one attached hydrogen (secondary N) is 2. The first-order valence-corrected chi connectivity index (χ1v) is 23.2. The Morgan fingerprint density at radius 1 is 0.769 bits per heavy atom. The number of aliphatic carboxylic acids is 1. The highest BCUT2D eigenvalue weighted by Gasteiger charge is 2.31. The molecule has 4 rings (SSSR count). The van der Waals surface area contributed by atoms with Crippen LogP contribution in [-0.2, 0) is 36.8 Å². The molecule has 0 aromatic carbocycles. The van der Waals surface area contributed by atoms with Gasteiger partial charge in [0.2, 0.25) is 11.9 Å². The number of carbonyl (C=O) groups is 5. The molecule has 65 heavy (non-hydrogen) atoms. The molecular formula is C46H75N9O10. The highest BCUT2D eigenvalue weighted by Crippen LogP contribution is 2.25. The van der Waals surface area contributed by atoms with Crippen LogP contribution < -0.4 is 10.6 Å². The lowest BCUT2D eigenvalue weighted by Crippen LogP contribution is -2.46. The van der Waals surface area contributed by atoms with Crippen molar-refractivity contribution in [3.05, 3.63) is 29.3 Å². The third-order valence-corrected chi connectivity index (χ3v) is 10.6. The molecule has 0 unspecified atom stereocenters. The summed E-state index contributed by atoms with van der Waals surface area (Å²) < 4.78 is 22.5. The Bertz CT molecular complexity index is 1870. The number of likely N-dealkylation sites (tertiary alicyclic amines) is 1. The first-order chi connectivity index (χ1) is 30.4. The number of carboxylic acid groups (broad SMARTS) is 1. The van der Waals surface area contributed by atoms with Gasteiger partial charge in [0.25, 0.3) is 0 Å². The lowest BCUT2D eigenvalue weighted by atomic mass is 9.94. The molecule has 0 radical (unpaired) electrons. The summed E-state index contributed by atoms with van der Waals surface area (Å²) in [6, 6.07) is 3.93. The zero-order valence-electron chi connectivity index (χ0n) is 40.5. The molecule has 0 spiro atoms. The van der Waals surface area contributed by atoms with Gasteiger partial charge in [0.15, 0.2) is 0 Å². The first kappa shape index (κ1) is 52.3. The van der Waals surface area contributed by atoms with Crippen LogP contribution in [0, 0.1) is 6.92 Å². The summed E-state index contributed by atoms with van der Waals surface area (Å²) >= 11 is 0. The van der Waals surface area contributed by atoms with Crippen molar-refractivity contribution in [2.24, 2.45) is 0 Å². The van der Waals surface area contributed by atoms with Crippen LogP contribution in [0.3, 0.4) is 0 Å². The molecule has 1 aliphatic heterocycles. The average Bonchev–Trinajstić information content (AvgIpc) is 3.65. The molecule has 2 aromatic heterocycles. The zero-order chi connectivity index (χ0) is 48.0. The second-order valence-corrected chi connectivity index (χ2v) is 20.1. The standard InChI is InChI=1S/C46H75N9O10/c1-32-28-37(49-33-19-25-52(26-20-33)38(56)21-27-54(31-39(57)58)42(60)63-45(5,6)7)50-40(48-32)47-30-34-29-36(65-51-34)18-14-22-53(41(59)62-44(2,3)4)23-15-24-55(35-16-12-11-13-17-35)43(61)64-46(8,9)10/h28-29,33,35H,11-27,30-31H2,1-10H3,(H,57,58)(H2,47,48,49,50). The lowest BCUT2D eigenvalue weighted by Gasteiger charge is -2.36. The molecule has 0 bridgehead atoms. The van der Waals surface area contributed by atoms with Gasteiger partial charge in [-0.25, -0.2) is 19.4 Å². The Kier molecular flexibility index (Phi) is 19.1.